The summed E-state index contributed by atoms with van der Waals surface area (Å²) in [6.07, 6.45) is 3.74. The summed E-state index contributed by atoms with van der Waals surface area (Å²) in [5, 5.41) is 2.99. The van der Waals surface area contributed by atoms with E-state index in [1.54, 1.807) is 0 Å². The van der Waals surface area contributed by atoms with E-state index in [-0.39, 0.29) is 0 Å². The molecule has 7 heavy (non-hydrogen) atoms. The van der Waals surface area contributed by atoms with Crippen molar-refractivity contribution in [3.8, 4) is 0 Å². The Morgan fingerprint density at radius 2 is 2.43 bits per heavy atom. The SMILES string of the molecule is CCN/C=C/CN. The smallest absolute Gasteiger partial charge is 0.0124 e. The van der Waals surface area contributed by atoms with E-state index >= 15 is 0 Å². The van der Waals surface area contributed by atoms with Gasteiger partial charge in [0.2, 0.25) is 0 Å². The molecule has 0 atom stereocenters. The van der Waals surface area contributed by atoms with Crippen molar-refractivity contribution in [1.82, 2.24) is 5.32 Å². The molecule has 0 aliphatic heterocycles. The highest BCUT2D eigenvalue weighted by molar-refractivity contribution is 4.78. The van der Waals surface area contributed by atoms with Crippen molar-refractivity contribution in [2.24, 2.45) is 5.73 Å². The van der Waals surface area contributed by atoms with Crippen LogP contribution in [0.25, 0.3) is 0 Å². The topological polar surface area (TPSA) is 38.0 Å². The molecule has 3 N–H and O–H groups in total. The molecule has 0 aromatic rings. The molecule has 0 rings (SSSR count). The molecule has 42 valence electrons. The molecular weight excluding hydrogens is 88.1 g/mol. The van der Waals surface area contributed by atoms with Gasteiger partial charge < -0.3 is 11.1 Å². The molecule has 0 saturated heterocycles. The monoisotopic (exact) mass is 100 g/mol. The Kier molecular flexibility index (Phi) is 5.11. The lowest BCUT2D eigenvalue weighted by molar-refractivity contribution is 0.914. The lowest BCUT2D eigenvalue weighted by Gasteiger charge is -1.87. The molecule has 0 spiro atoms. The van der Waals surface area contributed by atoms with E-state index in [9.17, 15) is 0 Å². The summed E-state index contributed by atoms with van der Waals surface area (Å²) < 4.78 is 0. The normalized spacial score (nSPS) is 10.0. The fourth-order valence-corrected chi connectivity index (χ4v) is 0.269. The predicted octanol–water partition coefficient (Wildman–Crippen LogP) is 0.0683. The van der Waals surface area contributed by atoms with Gasteiger partial charge in [-0.1, -0.05) is 6.08 Å². The summed E-state index contributed by atoms with van der Waals surface area (Å²) in [6, 6.07) is 0. The average molecular weight is 100 g/mol. The molecule has 0 radical (unpaired) electrons. The molecule has 0 heterocycles. The number of hydrogen-bond donors (Lipinski definition) is 2. The van der Waals surface area contributed by atoms with Crippen LogP contribution in [0.5, 0.6) is 0 Å². The van der Waals surface area contributed by atoms with Crippen LogP contribution in [0, 0.1) is 0 Å². The Hall–Kier alpha value is -0.500. The number of hydrogen-bond acceptors (Lipinski definition) is 2. The zero-order chi connectivity index (χ0) is 5.54. The van der Waals surface area contributed by atoms with Gasteiger partial charge in [0.1, 0.15) is 0 Å². The van der Waals surface area contributed by atoms with E-state index in [2.05, 4.69) is 5.32 Å². The predicted molar refractivity (Wildman–Crippen MR) is 31.9 cm³/mol. The molecule has 0 aromatic heterocycles. The Bertz CT molecular complexity index is 50.0. The van der Waals surface area contributed by atoms with Gasteiger partial charge in [-0.05, 0) is 13.1 Å². The lowest BCUT2D eigenvalue weighted by atomic mass is 10.6. The second-order valence-electron chi connectivity index (χ2n) is 1.20. The quantitative estimate of drug-likeness (QED) is 0.526. The van der Waals surface area contributed by atoms with E-state index in [4.69, 9.17) is 5.73 Å². The van der Waals surface area contributed by atoms with Crippen molar-refractivity contribution < 1.29 is 0 Å². The average Bonchev–Trinajstić information content (AvgIpc) is 1.69. The van der Waals surface area contributed by atoms with Gasteiger partial charge in [-0.2, -0.15) is 0 Å². The third-order valence-electron chi connectivity index (χ3n) is 0.576. The zero-order valence-corrected chi connectivity index (χ0v) is 4.65. The Morgan fingerprint density at radius 3 is 2.86 bits per heavy atom. The van der Waals surface area contributed by atoms with E-state index in [0.29, 0.717) is 6.54 Å². The fourth-order valence-electron chi connectivity index (χ4n) is 0.269. The van der Waals surface area contributed by atoms with Crippen LogP contribution in [-0.2, 0) is 0 Å². The number of nitrogens with two attached hydrogens (primary N) is 1. The lowest BCUT2D eigenvalue weighted by Crippen LogP contribution is -2.03. The standard InChI is InChI=1S/C5H12N2/c1-2-7-5-3-4-6/h3,5,7H,2,4,6H2,1H3/b5-3+. The van der Waals surface area contributed by atoms with Crippen LogP contribution in [0.2, 0.25) is 0 Å². The highest BCUT2D eigenvalue weighted by Crippen LogP contribution is 1.59. The highest BCUT2D eigenvalue weighted by atomic mass is 14.8. The molecule has 2 nitrogen and oxygen atoms in total. The Morgan fingerprint density at radius 1 is 1.71 bits per heavy atom. The maximum Gasteiger partial charge on any atom is 0.0124 e. The summed E-state index contributed by atoms with van der Waals surface area (Å²) in [5.41, 5.74) is 5.14. The summed E-state index contributed by atoms with van der Waals surface area (Å²) in [7, 11) is 0. The van der Waals surface area contributed by atoms with Crippen LogP contribution in [0.15, 0.2) is 12.3 Å². The van der Waals surface area contributed by atoms with Crippen molar-refractivity contribution >= 4 is 0 Å². The minimum atomic E-state index is 0.618. The first-order chi connectivity index (χ1) is 3.41. The zero-order valence-electron chi connectivity index (χ0n) is 4.65. The van der Waals surface area contributed by atoms with Gasteiger partial charge in [-0.25, -0.2) is 0 Å². The van der Waals surface area contributed by atoms with Crippen LogP contribution in [0.1, 0.15) is 6.92 Å². The molecule has 0 aromatic carbocycles. The van der Waals surface area contributed by atoms with Gasteiger partial charge in [-0.15, -0.1) is 0 Å². The molecule has 0 unspecified atom stereocenters. The van der Waals surface area contributed by atoms with Gasteiger partial charge in [0, 0.05) is 13.1 Å². The molecule has 0 amide bonds. The number of nitrogens with one attached hydrogen (secondary N) is 1. The van der Waals surface area contributed by atoms with Crippen molar-refractivity contribution in [1.29, 1.82) is 0 Å². The Labute approximate surface area is 44.4 Å². The van der Waals surface area contributed by atoms with E-state index in [0.717, 1.165) is 6.54 Å². The first kappa shape index (κ1) is 6.50. The molecule has 0 bridgehead atoms. The summed E-state index contributed by atoms with van der Waals surface area (Å²) in [4.78, 5) is 0. The largest absolute Gasteiger partial charge is 0.391 e. The first-order valence-corrected chi connectivity index (χ1v) is 2.50. The summed E-state index contributed by atoms with van der Waals surface area (Å²) in [6.45, 7) is 3.63. The van der Waals surface area contributed by atoms with Crippen LogP contribution in [-0.4, -0.2) is 13.1 Å². The van der Waals surface area contributed by atoms with Gasteiger partial charge in [0.05, 0.1) is 0 Å². The second kappa shape index (κ2) is 5.50. The van der Waals surface area contributed by atoms with Crippen molar-refractivity contribution in [3.05, 3.63) is 12.3 Å². The minimum absolute atomic E-state index is 0.618. The van der Waals surface area contributed by atoms with Crippen molar-refractivity contribution in [2.75, 3.05) is 13.1 Å². The van der Waals surface area contributed by atoms with Crippen LogP contribution in [0.3, 0.4) is 0 Å². The summed E-state index contributed by atoms with van der Waals surface area (Å²) >= 11 is 0. The second-order valence-corrected chi connectivity index (χ2v) is 1.20. The maximum absolute atomic E-state index is 5.14. The van der Waals surface area contributed by atoms with Crippen molar-refractivity contribution in [3.63, 3.8) is 0 Å². The molecule has 0 aliphatic rings. The van der Waals surface area contributed by atoms with E-state index in [1.807, 2.05) is 19.2 Å². The van der Waals surface area contributed by atoms with Gasteiger partial charge in [-0.3, -0.25) is 0 Å². The van der Waals surface area contributed by atoms with E-state index in [1.165, 1.54) is 0 Å². The maximum atomic E-state index is 5.14. The van der Waals surface area contributed by atoms with Crippen LogP contribution < -0.4 is 11.1 Å². The highest BCUT2D eigenvalue weighted by Gasteiger charge is 1.63. The minimum Gasteiger partial charge on any atom is -0.391 e. The van der Waals surface area contributed by atoms with E-state index < -0.39 is 0 Å². The molecule has 0 saturated carbocycles. The van der Waals surface area contributed by atoms with Crippen LogP contribution >= 0.6 is 0 Å². The molecule has 0 aliphatic carbocycles. The number of rotatable bonds is 3. The first-order valence-electron chi connectivity index (χ1n) is 2.50. The summed E-state index contributed by atoms with van der Waals surface area (Å²) in [5.74, 6) is 0. The van der Waals surface area contributed by atoms with Crippen molar-refractivity contribution in [2.45, 2.75) is 6.92 Å². The van der Waals surface area contributed by atoms with Crippen LogP contribution in [0.4, 0.5) is 0 Å². The fraction of sp³-hybridized carbons (Fsp3) is 0.600. The molecular formula is C5H12N2. The third kappa shape index (κ3) is 5.50. The third-order valence-corrected chi connectivity index (χ3v) is 0.576. The Balaban J connectivity index is 2.78. The van der Waals surface area contributed by atoms with Gasteiger partial charge in [0.15, 0.2) is 0 Å². The molecule has 0 fully saturated rings. The van der Waals surface area contributed by atoms with Gasteiger partial charge in [0.25, 0.3) is 0 Å². The van der Waals surface area contributed by atoms with Gasteiger partial charge >= 0.3 is 0 Å². The molecule has 2 heteroatoms.